The molecule has 106 valence electrons. The Kier molecular flexibility index (Phi) is 3.57. The molecule has 7 heteroatoms. The van der Waals surface area contributed by atoms with Gasteiger partial charge in [0, 0.05) is 18.8 Å². The van der Waals surface area contributed by atoms with Crippen molar-refractivity contribution in [2.75, 3.05) is 0 Å². The van der Waals surface area contributed by atoms with E-state index in [2.05, 4.69) is 15.2 Å². The molecule has 0 aliphatic heterocycles. The molecule has 3 rings (SSSR count). The normalized spacial score (nSPS) is 10.8. The molecule has 0 saturated carbocycles. The lowest BCUT2D eigenvalue weighted by Crippen LogP contribution is -1.96. The van der Waals surface area contributed by atoms with Crippen LogP contribution in [0.1, 0.15) is 0 Å². The molecular formula is C14H10ClFN4S. The van der Waals surface area contributed by atoms with Crippen LogP contribution in [-0.4, -0.2) is 19.7 Å². The summed E-state index contributed by atoms with van der Waals surface area (Å²) in [7, 11) is 1.77. The maximum absolute atomic E-state index is 13.7. The molecule has 0 saturated heterocycles. The summed E-state index contributed by atoms with van der Waals surface area (Å²) in [5, 5.41) is 7.24. The summed E-state index contributed by atoms with van der Waals surface area (Å²) in [5.41, 5.74) is 2.27. The summed E-state index contributed by atoms with van der Waals surface area (Å²) in [6, 6.07) is 8.04. The molecule has 0 atom stereocenters. The number of pyridine rings is 1. The van der Waals surface area contributed by atoms with Crippen LogP contribution in [0.2, 0.25) is 5.15 Å². The van der Waals surface area contributed by atoms with Gasteiger partial charge in [-0.2, -0.15) is 5.10 Å². The van der Waals surface area contributed by atoms with E-state index < -0.39 is 0 Å². The fourth-order valence-electron chi connectivity index (χ4n) is 2.11. The van der Waals surface area contributed by atoms with Gasteiger partial charge in [0.15, 0.2) is 10.6 Å². The van der Waals surface area contributed by atoms with Gasteiger partial charge in [0.2, 0.25) is 0 Å². The molecular weight excluding hydrogens is 311 g/mol. The highest BCUT2D eigenvalue weighted by molar-refractivity contribution is 7.71. The molecule has 2 heterocycles. The number of aromatic nitrogens is 4. The molecule has 0 radical (unpaired) electrons. The average Bonchev–Trinajstić information content (AvgIpc) is 2.79. The van der Waals surface area contributed by atoms with Gasteiger partial charge < -0.3 is 4.57 Å². The van der Waals surface area contributed by atoms with Gasteiger partial charge >= 0.3 is 0 Å². The molecule has 0 bridgehead atoms. The third-order valence-corrected chi connectivity index (χ3v) is 3.71. The smallest absolute Gasteiger partial charge is 0.195 e. The van der Waals surface area contributed by atoms with Crippen LogP contribution >= 0.6 is 23.8 Å². The fourth-order valence-corrected chi connectivity index (χ4v) is 2.42. The first-order valence-electron chi connectivity index (χ1n) is 6.09. The van der Waals surface area contributed by atoms with Crippen LogP contribution < -0.4 is 0 Å². The van der Waals surface area contributed by atoms with Crippen LogP contribution in [0, 0.1) is 10.6 Å². The summed E-state index contributed by atoms with van der Waals surface area (Å²) in [6.45, 7) is 0. The molecule has 0 aliphatic rings. The summed E-state index contributed by atoms with van der Waals surface area (Å²) >= 11 is 11.0. The van der Waals surface area contributed by atoms with Gasteiger partial charge in [-0.05, 0) is 47.6 Å². The minimum Gasteiger partial charge on any atom is -0.303 e. The Labute approximate surface area is 130 Å². The maximum Gasteiger partial charge on any atom is 0.195 e. The van der Waals surface area contributed by atoms with Crippen LogP contribution in [0.3, 0.4) is 0 Å². The molecule has 2 aromatic heterocycles. The number of halogens is 2. The Hall–Kier alpha value is -2.05. The monoisotopic (exact) mass is 320 g/mol. The highest BCUT2D eigenvalue weighted by Gasteiger charge is 2.14. The van der Waals surface area contributed by atoms with E-state index in [0.29, 0.717) is 21.3 Å². The van der Waals surface area contributed by atoms with Crippen molar-refractivity contribution in [3.8, 4) is 22.5 Å². The number of H-pyrrole nitrogens is 1. The quantitative estimate of drug-likeness (QED) is 0.573. The first kappa shape index (κ1) is 13.9. The van der Waals surface area contributed by atoms with E-state index in [1.165, 1.54) is 12.1 Å². The largest absolute Gasteiger partial charge is 0.303 e. The fraction of sp³-hybridized carbons (Fsp3) is 0.0714. The summed E-state index contributed by atoms with van der Waals surface area (Å²) in [4.78, 5) is 3.95. The zero-order valence-corrected chi connectivity index (χ0v) is 12.5. The van der Waals surface area contributed by atoms with Crippen molar-refractivity contribution in [3.63, 3.8) is 0 Å². The Bertz CT molecular complexity index is 871. The number of nitrogens with zero attached hydrogens (tertiary/aromatic N) is 3. The average molecular weight is 321 g/mol. The highest BCUT2D eigenvalue weighted by Crippen LogP contribution is 2.32. The highest BCUT2D eigenvalue weighted by atomic mass is 35.5. The molecule has 4 nitrogen and oxygen atoms in total. The van der Waals surface area contributed by atoms with E-state index in [-0.39, 0.29) is 5.82 Å². The van der Waals surface area contributed by atoms with E-state index in [0.717, 1.165) is 11.1 Å². The van der Waals surface area contributed by atoms with E-state index in [4.69, 9.17) is 23.8 Å². The van der Waals surface area contributed by atoms with Gasteiger partial charge in [0.1, 0.15) is 11.0 Å². The maximum atomic E-state index is 13.7. The van der Waals surface area contributed by atoms with Gasteiger partial charge in [0.25, 0.3) is 0 Å². The lowest BCUT2D eigenvalue weighted by molar-refractivity contribution is 0.628. The molecule has 1 N–H and O–H groups in total. The van der Waals surface area contributed by atoms with Crippen molar-refractivity contribution in [1.82, 2.24) is 19.7 Å². The number of hydrogen-bond acceptors (Lipinski definition) is 3. The molecule has 0 spiro atoms. The number of nitrogens with one attached hydrogen (secondary N) is 1. The van der Waals surface area contributed by atoms with Crippen molar-refractivity contribution in [2.45, 2.75) is 0 Å². The first-order chi connectivity index (χ1) is 10.1. The standard InChI is InChI=1S/C14H10ClFN4S/c1-20-13(18-19-14(20)21)11-7-9(16)2-3-10(11)8-4-5-17-12(15)6-8/h2-7H,1H3,(H,19,21). The molecule has 0 aliphatic carbocycles. The Morgan fingerprint density at radius 1 is 1.24 bits per heavy atom. The van der Waals surface area contributed by atoms with E-state index in [9.17, 15) is 4.39 Å². The summed E-state index contributed by atoms with van der Waals surface area (Å²) in [6.07, 6.45) is 1.61. The predicted octanol–water partition coefficient (Wildman–Crippen LogP) is 4.00. The van der Waals surface area contributed by atoms with E-state index >= 15 is 0 Å². The molecule has 3 aromatic rings. The van der Waals surface area contributed by atoms with Crippen molar-refractivity contribution in [2.24, 2.45) is 7.05 Å². The molecule has 0 unspecified atom stereocenters. The number of rotatable bonds is 2. The van der Waals surface area contributed by atoms with Crippen molar-refractivity contribution < 1.29 is 4.39 Å². The molecule has 1 aromatic carbocycles. The van der Waals surface area contributed by atoms with Gasteiger partial charge in [-0.25, -0.2) is 9.37 Å². The Morgan fingerprint density at radius 3 is 2.71 bits per heavy atom. The number of aromatic amines is 1. The molecule has 0 fully saturated rings. The van der Waals surface area contributed by atoms with Crippen LogP contribution in [0.5, 0.6) is 0 Å². The van der Waals surface area contributed by atoms with Gasteiger partial charge in [-0.1, -0.05) is 17.7 Å². The third kappa shape index (κ3) is 2.59. The zero-order chi connectivity index (χ0) is 15.0. The molecule has 0 amide bonds. The second-order valence-electron chi connectivity index (χ2n) is 4.47. The lowest BCUT2D eigenvalue weighted by atomic mass is 10.00. The first-order valence-corrected chi connectivity index (χ1v) is 6.88. The Morgan fingerprint density at radius 2 is 2.05 bits per heavy atom. The van der Waals surface area contributed by atoms with Crippen LogP contribution in [0.25, 0.3) is 22.5 Å². The van der Waals surface area contributed by atoms with Crippen LogP contribution in [0.15, 0.2) is 36.5 Å². The van der Waals surface area contributed by atoms with Gasteiger partial charge in [-0.3, -0.25) is 5.10 Å². The number of benzene rings is 1. The summed E-state index contributed by atoms with van der Waals surface area (Å²) in [5.74, 6) is 0.213. The second-order valence-corrected chi connectivity index (χ2v) is 5.24. The van der Waals surface area contributed by atoms with Gasteiger partial charge in [-0.15, -0.1) is 0 Å². The van der Waals surface area contributed by atoms with Crippen molar-refractivity contribution in [3.05, 3.63) is 52.3 Å². The minimum absolute atomic E-state index is 0.345. The lowest BCUT2D eigenvalue weighted by Gasteiger charge is -2.09. The van der Waals surface area contributed by atoms with E-state index in [1.54, 1.807) is 29.9 Å². The summed E-state index contributed by atoms with van der Waals surface area (Å²) < 4.78 is 15.8. The van der Waals surface area contributed by atoms with Crippen molar-refractivity contribution >= 4 is 23.8 Å². The van der Waals surface area contributed by atoms with Crippen LogP contribution in [0.4, 0.5) is 4.39 Å². The third-order valence-electron chi connectivity index (χ3n) is 3.14. The SMILES string of the molecule is Cn1c(-c2cc(F)ccc2-c2ccnc(Cl)c2)n[nH]c1=S. The van der Waals surface area contributed by atoms with Crippen molar-refractivity contribution in [1.29, 1.82) is 0 Å². The topological polar surface area (TPSA) is 46.5 Å². The second kappa shape index (κ2) is 5.38. The predicted molar refractivity (Wildman–Crippen MR) is 82.0 cm³/mol. The zero-order valence-electron chi connectivity index (χ0n) is 11.0. The number of hydrogen-bond donors (Lipinski definition) is 1. The Balaban J connectivity index is 2.27. The van der Waals surface area contributed by atoms with Gasteiger partial charge in [0.05, 0.1) is 0 Å². The molecule has 21 heavy (non-hydrogen) atoms. The van der Waals surface area contributed by atoms with Crippen LogP contribution in [-0.2, 0) is 7.05 Å². The van der Waals surface area contributed by atoms with E-state index in [1.807, 2.05) is 6.07 Å². The minimum atomic E-state index is -0.345.